The zero-order chi connectivity index (χ0) is 11.3. The Kier molecular flexibility index (Phi) is 4.65. The zero-order valence-corrected chi connectivity index (χ0v) is 11.2. The summed E-state index contributed by atoms with van der Waals surface area (Å²) in [7, 11) is -0.443. The first kappa shape index (κ1) is 12.6. The highest BCUT2D eigenvalue weighted by Gasteiger charge is 2.18. The van der Waals surface area contributed by atoms with E-state index in [4.69, 9.17) is 0 Å². The van der Waals surface area contributed by atoms with Crippen LogP contribution in [-0.2, 0) is 5.75 Å². The Balaban J connectivity index is 2.82. The maximum absolute atomic E-state index is 4.62. The van der Waals surface area contributed by atoms with Gasteiger partial charge in [0.2, 0.25) is 0 Å². The number of nitrogens with zero attached hydrogens (tertiary/aromatic N) is 1. The van der Waals surface area contributed by atoms with Crippen molar-refractivity contribution in [3.05, 3.63) is 29.6 Å². The molecule has 0 amide bonds. The number of aromatic nitrogens is 1. The average molecular weight is 225 g/mol. The lowest BCUT2D eigenvalue weighted by Gasteiger charge is -2.37. The van der Waals surface area contributed by atoms with E-state index in [1.165, 1.54) is 28.7 Å². The SMILES string of the molecule is CCS(CC)(CC)Cc1cccc(C)n1. The molecule has 0 atom stereocenters. The molecule has 1 heterocycles. The van der Waals surface area contributed by atoms with E-state index in [1.807, 2.05) is 0 Å². The van der Waals surface area contributed by atoms with Gasteiger partial charge in [0, 0.05) is 17.1 Å². The zero-order valence-electron chi connectivity index (χ0n) is 10.4. The van der Waals surface area contributed by atoms with Crippen LogP contribution in [0.3, 0.4) is 0 Å². The van der Waals surface area contributed by atoms with E-state index in [2.05, 4.69) is 50.9 Å². The normalized spacial score (nSPS) is 12.8. The smallest absolute Gasteiger partial charge is 0.0490 e. The molecule has 0 aliphatic heterocycles. The van der Waals surface area contributed by atoms with Crippen LogP contribution in [0.25, 0.3) is 0 Å². The van der Waals surface area contributed by atoms with E-state index < -0.39 is 10.0 Å². The summed E-state index contributed by atoms with van der Waals surface area (Å²) in [6.07, 6.45) is 0. The van der Waals surface area contributed by atoms with Crippen LogP contribution in [0, 0.1) is 6.92 Å². The minimum Gasteiger partial charge on any atom is -0.257 e. The van der Waals surface area contributed by atoms with Gasteiger partial charge >= 0.3 is 0 Å². The number of pyridine rings is 1. The quantitative estimate of drug-likeness (QED) is 0.743. The Morgan fingerprint density at radius 1 is 1.07 bits per heavy atom. The minimum absolute atomic E-state index is 0.443. The summed E-state index contributed by atoms with van der Waals surface area (Å²) in [5.74, 6) is 5.19. The van der Waals surface area contributed by atoms with Gasteiger partial charge in [-0.1, -0.05) is 26.8 Å². The summed E-state index contributed by atoms with van der Waals surface area (Å²) in [6, 6.07) is 6.38. The second-order valence-electron chi connectivity index (χ2n) is 4.01. The molecule has 0 unspecified atom stereocenters. The van der Waals surface area contributed by atoms with Crippen LogP contribution in [0.5, 0.6) is 0 Å². The molecule has 0 aliphatic rings. The third-order valence-electron chi connectivity index (χ3n) is 3.24. The van der Waals surface area contributed by atoms with Crippen molar-refractivity contribution in [2.45, 2.75) is 33.4 Å². The van der Waals surface area contributed by atoms with E-state index in [1.54, 1.807) is 0 Å². The molecular formula is C13H23NS. The van der Waals surface area contributed by atoms with Crippen molar-refractivity contribution < 1.29 is 0 Å². The molecule has 0 aliphatic carbocycles. The first-order valence-electron chi connectivity index (χ1n) is 5.82. The van der Waals surface area contributed by atoms with Crippen LogP contribution in [-0.4, -0.2) is 22.2 Å². The fourth-order valence-corrected chi connectivity index (χ4v) is 4.54. The van der Waals surface area contributed by atoms with E-state index in [9.17, 15) is 0 Å². The summed E-state index contributed by atoms with van der Waals surface area (Å²) in [6.45, 7) is 9.07. The number of aryl methyl sites for hydroxylation is 1. The number of hydrogen-bond acceptors (Lipinski definition) is 1. The minimum atomic E-state index is -0.443. The molecule has 15 heavy (non-hydrogen) atoms. The Hall–Kier alpha value is -0.500. The highest BCUT2D eigenvalue weighted by molar-refractivity contribution is 8.33. The lowest BCUT2D eigenvalue weighted by atomic mass is 10.3. The predicted molar refractivity (Wildman–Crippen MR) is 71.9 cm³/mol. The van der Waals surface area contributed by atoms with Crippen molar-refractivity contribution in [3.63, 3.8) is 0 Å². The monoisotopic (exact) mass is 225 g/mol. The first-order valence-corrected chi connectivity index (χ1v) is 8.13. The number of rotatable bonds is 5. The van der Waals surface area contributed by atoms with Gasteiger partial charge in [-0.2, -0.15) is 0 Å². The molecule has 2 heteroatoms. The van der Waals surface area contributed by atoms with Crippen molar-refractivity contribution in [1.82, 2.24) is 4.98 Å². The molecule has 0 bridgehead atoms. The van der Waals surface area contributed by atoms with Gasteiger partial charge in [0.15, 0.2) is 0 Å². The molecule has 1 rings (SSSR count). The van der Waals surface area contributed by atoms with Crippen LogP contribution in [0.2, 0.25) is 0 Å². The molecular weight excluding hydrogens is 202 g/mol. The van der Waals surface area contributed by atoms with Gasteiger partial charge in [-0.25, -0.2) is 10.0 Å². The van der Waals surface area contributed by atoms with Gasteiger partial charge in [0.1, 0.15) is 0 Å². The fourth-order valence-electron chi connectivity index (χ4n) is 1.91. The Morgan fingerprint density at radius 3 is 2.13 bits per heavy atom. The molecule has 0 fully saturated rings. The van der Waals surface area contributed by atoms with Gasteiger partial charge in [-0.3, -0.25) is 4.98 Å². The van der Waals surface area contributed by atoms with Gasteiger partial charge < -0.3 is 0 Å². The van der Waals surface area contributed by atoms with Gasteiger partial charge in [0.25, 0.3) is 0 Å². The van der Waals surface area contributed by atoms with Crippen molar-refractivity contribution in [3.8, 4) is 0 Å². The lowest BCUT2D eigenvalue weighted by molar-refractivity contribution is 1.09. The summed E-state index contributed by atoms with van der Waals surface area (Å²) in [4.78, 5) is 4.62. The lowest BCUT2D eigenvalue weighted by Crippen LogP contribution is -2.12. The third kappa shape index (κ3) is 3.23. The van der Waals surface area contributed by atoms with Crippen LogP contribution in [0.4, 0.5) is 0 Å². The van der Waals surface area contributed by atoms with E-state index in [0.29, 0.717) is 0 Å². The molecule has 1 aromatic rings. The van der Waals surface area contributed by atoms with E-state index in [-0.39, 0.29) is 0 Å². The third-order valence-corrected chi connectivity index (χ3v) is 7.82. The highest BCUT2D eigenvalue weighted by atomic mass is 32.3. The predicted octanol–water partition coefficient (Wildman–Crippen LogP) is 3.75. The largest absolute Gasteiger partial charge is 0.257 e. The standard InChI is InChI=1S/C13H23NS/c1-5-15(6-2,7-3)11-13-10-8-9-12(4)14-13/h8-10H,5-7,11H2,1-4H3. The molecule has 0 saturated heterocycles. The fraction of sp³-hybridized carbons (Fsp3) is 0.615. The van der Waals surface area contributed by atoms with Gasteiger partial charge in [0.05, 0.1) is 0 Å². The average Bonchev–Trinajstić information content (AvgIpc) is 2.26. The molecule has 0 N–H and O–H groups in total. The van der Waals surface area contributed by atoms with E-state index >= 15 is 0 Å². The summed E-state index contributed by atoms with van der Waals surface area (Å²) >= 11 is 0. The molecule has 0 aromatic carbocycles. The molecule has 1 aromatic heterocycles. The second kappa shape index (κ2) is 5.55. The van der Waals surface area contributed by atoms with Gasteiger partial charge in [-0.15, -0.1) is 0 Å². The summed E-state index contributed by atoms with van der Waals surface area (Å²) in [5.41, 5.74) is 2.43. The molecule has 0 spiro atoms. The van der Waals surface area contributed by atoms with Crippen molar-refractivity contribution >= 4 is 10.0 Å². The maximum Gasteiger partial charge on any atom is 0.0490 e. The first-order chi connectivity index (χ1) is 7.15. The van der Waals surface area contributed by atoms with Crippen molar-refractivity contribution in [1.29, 1.82) is 0 Å². The molecule has 1 nitrogen and oxygen atoms in total. The van der Waals surface area contributed by atoms with Crippen LogP contribution in [0.15, 0.2) is 18.2 Å². The van der Waals surface area contributed by atoms with Crippen LogP contribution >= 0.6 is 10.0 Å². The molecule has 0 radical (unpaired) electrons. The van der Waals surface area contributed by atoms with Crippen LogP contribution in [0.1, 0.15) is 32.2 Å². The maximum atomic E-state index is 4.62. The molecule has 86 valence electrons. The van der Waals surface area contributed by atoms with Gasteiger partial charge in [-0.05, 0) is 36.3 Å². The topological polar surface area (TPSA) is 12.9 Å². The van der Waals surface area contributed by atoms with Crippen molar-refractivity contribution in [2.24, 2.45) is 0 Å². The Labute approximate surface area is 95.6 Å². The second-order valence-corrected chi connectivity index (χ2v) is 8.48. The summed E-state index contributed by atoms with van der Waals surface area (Å²) in [5, 5.41) is 0. The highest BCUT2D eigenvalue weighted by Crippen LogP contribution is 2.49. The van der Waals surface area contributed by atoms with Crippen LogP contribution < -0.4 is 0 Å². The Morgan fingerprint density at radius 2 is 1.67 bits per heavy atom. The van der Waals surface area contributed by atoms with E-state index in [0.717, 1.165) is 5.69 Å². The number of hydrogen-bond donors (Lipinski definition) is 0. The molecule has 0 saturated carbocycles. The Bertz CT molecular complexity index is 297. The van der Waals surface area contributed by atoms with Crippen molar-refractivity contribution in [2.75, 3.05) is 17.3 Å². The summed E-state index contributed by atoms with van der Waals surface area (Å²) < 4.78 is 0.